The zero-order valence-corrected chi connectivity index (χ0v) is 25.4. The van der Waals surface area contributed by atoms with E-state index in [1.54, 1.807) is 18.3 Å². The third-order valence-electron chi connectivity index (χ3n) is 6.77. The summed E-state index contributed by atoms with van der Waals surface area (Å²) in [5.74, 6) is 0.485. The van der Waals surface area contributed by atoms with Gasteiger partial charge in [0, 0.05) is 41.4 Å². The normalized spacial score (nSPS) is 11.6. The summed E-state index contributed by atoms with van der Waals surface area (Å²) in [4.78, 5) is 16.2. The van der Waals surface area contributed by atoms with Crippen LogP contribution in [0.3, 0.4) is 0 Å². The Morgan fingerprint density at radius 3 is 2.48 bits per heavy atom. The van der Waals surface area contributed by atoms with Crippen LogP contribution >= 0.6 is 0 Å². The average Bonchev–Trinajstić information content (AvgIpc) is 3.40. The Morgan fingerprint density at radius 1 is 1.05 bits per heavy atom. The quantitative estimate of drug-likeness (QED) is 0.128. The third-order valence-corrected chi connectivity index (χ3v) is 6.77. The summed E-state index contributed by atoms with van der Waals surface area (Å²) in [5.41, 5.74) is 5.57. The maximum atomic E-state index is 13.9. The number of esters is 1. The molecule has 1 atom stereocenters. The fourth-order valence-electron chi connectivity index (χ4n) is 4.50. The molecule has 2 aromatic heterocycles. The molecule has 0 amide bonds. The first-order valence-corrected chi connectivity index (χ1v) is 15.0. The second-order valence-electron chi connectivity index (χ2n) is 9.72. The Morgan fingerprint density at radius 2 is 1.79 bits per heavy atom. The Kier molecular flexibility index (Phi) is 13.0. The zero-order chi connectivity index (χ0) is 30.3. The molecule has 42 heavy (non-hydrogen) atoms. The van der Waals surface area contributed by atoms with Crippen LogP contribution in [0.15, 0.2) is 79.0 Å². The molecule has 0 spiro atoms. The fourth-order valence-corrected chi connectivity index (χ4v) is 4.50. The number of carbonyl (C=O) groups is 1. The maximum absolute atomic E-state index is 13.9. The Bertz CT molecular complexity index is 1410. The molecule has 1 unspecified atom stereocenters. The topological polar surface area (TPSA) is 69.0 Å². The number of carbonyl (C=O) groups excluding carboxylic acids is 1. The van der Waals surface area contributed by atoms with Crippen molar-refractivity contribution in [1.29, 1.82) is 0 Å². The van der Waals surface area contributed by atoms with Crippen molar-refractivity contribution in [2.24, 2.45) is 0 Å². The number of halogens is 1. The summed E-state index contributed by atoms with van der Waals surface area (Å²) in [6.45, 7) is 10.6. The lowest BCUT2D eigenvalue weighted by atomic mass is 9.96. The number of benzene rings is 2. The summed E-state index contributed by atoms with van der Waals surface area (Å²) >= 11 is 0. The van der Waals surface area contributed by atoms with Gasteiger partial charge in [-0.05, 0) is 75.1 Å². The van der Waals surface area contributed by atoms with Gasteiger partial charge in [0.2, 0.25) is 0 Å². The van der Waals surface area contributed by atoms with E-state index in [4.69, 9.17) is 9.84 Å². The molecule has 0 aliphatic carbocycles. The van der Waals surface area contributed by atoms with Crippen molar-refractivity contribution in [3.05, 3.63) is 96.1 Å². The number of para-hydroxylation sites is 1. The number of aromatic nitrogens is 3. The van der Waals surface area contributed by atoms with E-state index < -0.39 is 0 Å². The predicted molar refractivity (Wildman–Crippen MR) is 171 cm³/mol. The lowest BCUT2D eigenvalue weighted by molar-refractivity contribution is -0.143. The van der Waals surface area contributed by atoms with E-state index in [0.717, 1.165) is 59.6 Å². The van der Waals surface area contributed by atoms with E-state index in [1.807, 2.05) is 67.9 Å². The molecule has 0 fully saturated rings. The summed E-state index contributed by atoms with van der Waals surface area (Å²) in [6, 6.07) is 20.3. The largest absolute Gasteiger partial charge is 0.466 e. The van der Waals surface area contributed by atoms with Gasteiger partial charge in [-0.1, -0.05) is 58.0 Å². The smallest absolute Gasteiger partial charge is 0.305 e. The number of ether oxygens (including phenoxy) is 1. The fraction of sp³-hybridized carbons (Fsp3) is 0.343. The van der Waals surface area contributed by atoms with Crippen molar-refractivity contribution < 1.29 is 13.9 Å². The van der Waals surface area contributed by atoms with Crippen LogP contribution in [0.4, 0.5) is 15.9 Å². The number of rotatable bonds is 13. The molecule has 4 aromatic rings. The number of nitrogens with zero attached hydrogens (tertiary/aromatic N) is 3. The summed E-state index contributed by atoms with van der Waals surface area (Å²) in [6.07, 6.45) is 9.87. The van der Waals surface area contributed by atoms with Crippen molar-refractivity contribution in [1.82, 2.24) is 14.8 Å². The minimum absolute atomic E-state index is 0.149. The molecule has 4 rings (SSSR count). The number of nitrogens with one attached hydrogen (secondary N) is 1. The number of hydrogen-bond acceptors (Lipinski definition) is 5. The van der Waals surface area contributed by atoms with Crippen LogP contribution in [0.25, 0.3) is 23.0 Å². The molecule has 0 saturated carbocycles. The number of unbranched alkanes of at least 4 members (excludes halogenated alkanes) is 2. The highest BCUT2D eigenvalue weighted by Crippen LogP contribution is 2.35. The van der Waals surface area contributed by atoms with Gasteiger partial charge >= 0.3 is 5.97 Å². The van der Waals surface area contributed by atoms with Gasteiger partial charge in [-0.25, -0.2) is 14.1 Å². The van der Waals surface area contributed by atoms with Gasteiger partial charge in [0.1, 0.15) is 11.6 Å². The van der Waals surface area contributed by atoms with Crippen molar-refractivity contribution in [2.45, 2.75) is 72.6 Å². The van der Waals surface area contributed by atoms with Crippen LogP contribution in [0.1, 0.15) is 83.9 Å². The second kappa shape index (κ2) is 16.9. The first-order chi connectivity index (χ1) is 20.5. The molecule has 1 N–H and O–H groups in total. The summed E-state index contributed by atoms with van der Waals surface area (Å²) in [5, 5.41) is 8.47. The molecular weight excluding hydrogens is 527 g/mol. The van der Waals surface area contributed by atoms with E-state index >= 15 is 0 Å². The van der Waals surface area contributed by atoms with Gasteiger partial charge in [0.25, 0.3) is 0 Å². The summed E-state index contributed by atoms with van der Waals surface area (Å²) < 4.78 is 20.9. The van der Waals surface area contributed by atoms with Crippen LogP contribution in [0.5, 0.6) is 0 Å². The summed E-state index contributed by atoms with van der Waals surface area (Å²) in [7, 11) is 0. The lowest BCUT2D eigenvalue weighted by Crippen LogP contribution is -2.03. The van der Waals surface area contributed by atoms with Crippen molar-refractivity contribution in [3.8, 4) is 16.9 Å². The third kappa shape index (κ3) is 8.87. The van der Waals surface area contributed by atoms with E-state index in [1.165, 1.54) is 12.1 Å². The molecule has 0 bridgehead atoms. The maximum Gasteiger partial charge on any atom is 0.305 e. The van der Waals surface area contributed by atoms with E-state index in [-0.39, 0.29) is 17.7 Å². The Labute approximate surface area is 249 Å². The van der Waals surface area contributed by atoms with Crippen molar-refractivity contribution >= 4 is 23.6 Å². The average molecular weight is 571 g/mol. The number of allylic oxidation sites excluding steroid dienone is 1. The first kappa shape index (κ1) is 32.3. The molecule has 0 aliphatic heterocycles. The van der Waals surface area contributed by atoms with Gasteiger partial charge in [-0.3, -0.25) is 4.79 Å². The van der Waals surface area contributed by atoms with Crippen molar-refractivity contribution in [2.75, 3.05) is 11.9 Å². The molecule has 0 saturated heterocycles. The molecule has 222 valence electrons. The predicted octanol–water partition coefficient (Wildman–Crippen LogP) is 9.49. The van der Waals surface area contributed by atoms with Gasteiger partial charge < -0.3 is 10.1 Å². The second-order valence-corrected chi connectivity index (χ2v) is 9.72. The molecule has 7 heteroatoms. The molecule has 2 aromatic carbocycles. The van der Waals surface area contributed by atoms with E-state index in [2.05, 4.69) is 36.3 Å². The Balaban J connectivity index is 0.00000237. The highest BCUT2D eigenvalue weighted by molar-refractivity contribution is 5.76. The first-order valence-electron chi connectivity index (χ1n) is 15.0. The van der Waals surface area contributed by atoms with Crippen LogP contribution in [0, 0.1) is 5.82 Å². The lowest BCUT2D eigenvalue weighted by Gasteiger charge is -2.11. The zero-order valence-electron chi connectivity index (χ0n) is 25.4. The highest BCUT2D eigenvalue weighted by Gasteiger charge is 2.22. The molecular formula is C35H43FN4O2. The molecule has 2 heterocycles. The molecule has 0 radical (unpaired) electrons. The van der Waals surface area contributed by atoms with Crippen LogP contribution in [-0.4, -0.2) is 27.3 Å². The van der Waals surface area contributed by atoms with E-state index in [9.17, 15) is 9.18 Å². The van der Waals surface area contributed by atoms with Gasteiger partial charge in [-0.2, -0.15) is 5.10 Å². The van der Waals surface area contributed by atoms with Gasteiger partial charge in [0.15, 0.2) is 0 Å². The standard InChI is InChI=1S/C33H37FN4O2.C2H6/c1-4-24(3)32-29(15-11-6-7-12-16-31(39)40-5-2)33(25-17-19-26(34)20-18-25)38(37-32)28-21-22-35-30(23-28)36-27-13-9-8-10-14-27;1-2/h8-11,13-15,17-24H,4-7,12,16H2,1-3H3,(H,35,36);1-2H3/b15-11+;. The van der Waals surface area contributed by atoms with Crippen LogP contribution in [0.2, 0.25) is 0 Å². The number of pyridine rings is 1. The minimum Gasteiger partial charge on any atom is -0.466 e. The van der Waals surface area contributed by atoms with Gasteiger partial charge in [-0.15, -0.1) is 0 Å². The highest BCUT2D eigenvalue weighted by atomic mass is 19.1. The Hall–Kier alpha value is -4.26. The SMILES string of the molecule is CC.CCOC(=O)CCCC/C=C/c1c(C(C)CC)nn(-c2ccnc(Nc3ccccc3)c2)c1-c1ccc(F)cc1. The van der Waals surface area contributed by atoms with Gasteiger partial charge in [0.05, 0.1) is 23.7 Å². The number of anilines is 2. The molecule has 0 aliphatic rings. The van der Waals surface area contributed by atoms with Crippen molar-refractivity contribution in [3.63, 3.8) is 0 Å². The monoisotopic (exact) mass is 570 g/mol. The van der Waals surface area contributed by atoms with Crippen LogP contribution < -0.4 is 5.32 Å². The molecule has 6 nitrogen and oxygen atoms in total. The minimum atomic E-state index is -0.283. The van der Waals surface area contributed by atoms with E-state index in [0.29, 0.717) is 18.8 Å². The van der Waals surface area contributed by atoms with Crippen LogP contribution in [-0.2, 0) is 9.53 Å². The number of hydrogen-bond donors (Lipinski definition) is 1.